The topological polar surface area (TPSA) is 103 Å². The number of nitro benzene ring substituents is 1. The molecule has 1 aromatic heterocycles. The van der Waals surface area contributed by atoms with E-state index in [2.05, 4.69) is 10.4 Å². The van der Waals surface area contributed by atoms with Crippen molar-refractivity contribution in [2.75, 3.05) is 5.43 Å². The van der Waals surface area contributed by atoms with E-state index in [0.29, 0.717) is 11.6 Å². The van der Waals surface area contributed by atoms with Crippen LogP contribution in [0.15, 0.2) is 36.5 Å². The molecular formula is C13H14N4O3. The summed E-state index contributed by atoms with van der Waals surface area (Å²) in [6.07, 6.45) is 1.61. The first-order valence-corrected chi connectivity index (χ1v) is 5.89. The molecule has 2 rings (SSSR count). The van der Waals surface area contributed by atoms with Crippen LogP contribution in [0, 0.1) is 17.0 Å². The number of hydrogen-bond acceptors (Lipinski definition) is 6. The van der Waals surface area contributed by atoms with Crippen molar-refractivity contribution in [1.29, 1.82) is 0 Å². The average Bonchev–Trinajstić information content (AvgIpc) is 2.46. The second kappa shape index (κ2) is 5.98. The van der Waals surface area contributed by atoms with E-state index in [1.54, 1.807) is 24.4 Å². The number of pyridine rings is 1. The van der Waals surface area contributed by atoms with Gasteiger partial charge in [-0.15, -0.1) is 0 Å². The summed E-state index contributed by atoms with van der Waals surface area (Å²) in [7, 11) is 0. The highest BCUT2D eigenvalue weighted by Crippen LogP contribution is 2.25. The number of hydrazine groups is 1. The quantitative estimate of drug-likeness (QED) is 0.492. The molecule has 7 heteroatoms. The van der Waals surface area contributed by atoms with Crippen LogP contribution in [-0.2, 0) is 6.61 Å². The number of nitrogens with one attached hydrogen (secondary N) is 1. The third-order valence-corrected chi connectivity index (χ3v) is 2.75. The van der Waals surface area contributed by atoms with Crippen LogP contribution >= 0.6 is 0 Å². The number of aryl methyl sites for hydroxylation is 1. The van der Waals surface area contributed by atoms with Crippen molar-refractivity contribution in [1.82, 2.24) is 4.98 Å². The number of non-ortho nitro benzene ring substituents is 1. The van der Waals surface area contributed by atoms with E-state index < -0.39 is 4.92 Å². The summed E-state index contributed by atoms with van der Waals surface area (Å²) in [4.78, 5) is 14.3. The third-order valence-electron chi connectivity index (χ3n) is 2.75. The van der Waals surface area contributed by atoms with Crippen molar-refractivity contribution in [2.45, 2.75) is 13.5 Å². The first kappa shape index (κ1) is 13.8. The molecule has 20 heavy (non-hydrogen) atoms. The van der Waals surface area contributed by atoms with Gasteiger partial charge in [0.05, 0.1) is 11.0 Å². The minimum absolute atomic E-state index is 0.00430. The lowest BCUT2D eigenvalue weighted by molar-refractivity contribution is -0.385. The number of nitro groups is 1. The molecule has 0 amide bonds. The van der Waals surface area contributed by atoms with Gasteiger partial charge in [-0.1, -0.05) is 0 Å². The van der Waals surface area contributed by atoms with Gasteiger partial charge in [-0.25, -0.2) is 10.8 Å². The van der Waals surface area contributed by atoms with E-state index in [9.17, 15) is 10.1 Å². The predicted molar refractivity (Wildman–Crippen MR) is 74.2 cm³/mol. The van der Waals surface area contributed by atoms with E-state index in [1.165, 1.54) is 12.1 Å². The molecule has 0 spiro atoms. The molecule has 0 saturated carbocycles. The second-order valence-electron chi connectivity index (χ2n) is 4.19. The van der Waals surface area contributed by atoms with E-state index in [0.717, 1.165) is 11.1 Å². The molecule has 1 heterocycles. The average molecular weight is 274 g/mol. The first-order valence-electron chi connectivity index (χ1n) is 5.89. The Kier molecular flexibility index (Phi) is 4.11. The second-order valence-corrected chi connectivity index (χ2v) is 4.19. The smallest absolute Gasteiger partial charge is 0.273 e. The number of nitrogen functional groups attached to an aromatic ring is 1. The fourth-order valence-electron chi connectivity index (χ4n) is 1.66. The van der Waals surface area contributed by atoms with Crippen molar-refractivity contribution in [3.05, 3.63) is 57.8 Å². The fourth-order valence-corrected chi connectivity index (χ4v) is 1.66. The zero-order valence-corrected chi connectivity index (χ0v) is 10.9. The van der Waals surface area contributed by atoms with Gasteiger partial charge in [-0.3, -0.25) is 10.1 Å². The lowest BCUT2D eigenvalue weighted by Gasteiger charge is -2.09. The summed E-state index contributed by atoms with van der Waals surface area (Å²) >= 11 is 0. The minimum atomic E-state index is -0.449. The van der Waals surface area contributed by atoms with Gasteiger partial charge in [0.1, 0.15) is 18.2 Å². The van der Waals surface area contributed by atoms with Gasteiger partial charge in [-0.2, -0.15) is 0 Å². The Morgan fingerprint density at radius 3 is 2.90 bits per heavy atom. The van der Waals surface area contributed by atoms with Gasteiger partial charge in [0.25, 0.3) is 5.69 Å². The van der Waals surface area contributed by atoms with Crippen molar-refractivity contribution < 1.29 is 9.66 Å². The first-order chi connectivity index (χ1) is 9.60. The summed E-state index contributed by atoms with van der Waals surface area (Å²) < 4.78 is 5.61. The van der Waals surface area contributed by atoms with Crippen molar-refractivity contribution in [3.8, 4) is 5.75 Å². The predicted octanol–water partition coefficient (Wildman–Crippen LogP) is 2.16. The highest BCUT2D eigenvalue weighted by atomic mass is 16.6. The molecule has 2 aromatic rings. The van der Waals surface area contributed by atoms with Gasteiger partial charge >= 0.3 is 0 Å². The SMILES string of the molecule is Cc1ccc([N+](=O)[O-])cc1OCc1ccnc(NN)c1. The van der Waals surface area contributed by atoms with Crippen LogP contribution in [0.5, 0.6) is 5.75 Å². The Morgan fingerprint density at radius 1 is 1.40 bits per heavy atom. The summed E-state index contributed by atoms with van der Waals surface area (Å²) in [6.45, 7) is 2.11. The number of aromatic nitrogens is 1. The largest absolute Gasteiger partial charge is 0.488 e. The Morgan fingerprint density at radius 2 is 2.20 bits per heavy atom. The Bertz CT molecular complexity index is 631. The Hall–Kier alpha value is -2.67. The molecule has 0 aliphatic rings. The van der Waals surface area contributed by atoms with Crippen LogP contribution in [0.25, 0.3) is 0 Å². The molecule has 1 aromatic carbocycles. The van der Waals surface area contributed by atoms with Crippen LogP contribution in [-0.4, -0.2) is 9.91 Å². The monoisotopic (exact) mass is 274 g/mol. The maximum absolute atomic E-state index is 10.7. The lowest BCUT2D eigenvalue weighted by Crippen LogP contribution is -2.09. The van der Waals surface area contributed by atoms with Crippen LogP contribution < -0.4 is 16.0 Å². The van der Waals surface area contributed by atoms with Crippen molar-refractivity contribution >= 4 is 11.5 Å². The maximum atomic E-state index is 10.7. The van der Waals surface area contributed by atoms with E-state index in [1.807, 2.05) is 6.92 Å². The van der Waals surface area contributed by atoms with Crippen molar-refractivity contribution in [2.24, 2.45) is 5.84 Å². The summed E-state index contributed by atoms with van der Waals surface area (Å²) in [5.74, 6) is 6.29. The number of benzene rings is 1. The molecule has 0 unspecified atom stereocenters. The molecule has 7 nitrogen and oxygen atoms in total. The molecule has 0 aliphatic carbocycles. The molecule has 0 atom stereocenters. The number of ether oxygens (including phenoxy) is 1. The van der Waals surface area contributed by atoms with Crippen LogP contribution in [0.1, 0.15) is 11.1 Å². The minimum Gasteiger partial charge on any atom is -0.488 e. The fraction of sp³-hybridized carbons (Fsp3) is 0.154. The zero-order valence-electron chi connectivity index (χ0n) is 10.9. The van der Waals surface area contributed by atoms with Gasteiger partial charge in [0.2, 0.25) is 0 Å². The maximum Gasteiger partial charge on any atom is 0.273 e. The standard InChI is InChI=1S/C13H14N4O3/c1-9-2-3-11(17(18)19)7-12(9)20-8-10-4-5-15-13(6-10)16-14/h2-7H,8,14H2,1H3,(H,15,16). The highest BCUT2D eigenvalue weighted by molar-refractivity contribution is 5.44. The summed E-state index contributed by atoms with van der Waals surface area (Å²) in [6, 6.07) is 8.05. The molecule has 0 saturated heterocycles. The molecule has 3 N–H and O–H groups in total. The summed E-state index contributed by atoms with van der Waals surface area (Å²) in [5, 5.41) is 10.7. The van der Waals surface area contributed by atoms with Crippen LogP contribution in [0.2, 0.25) is 0 Å². The van der Waals surface area contributed by atoms with Gasteiger partial charge < -0.3 is 10.2 Å². The Labute approximate surface area is 115 Å². The van der Waals surface area contributed by atoms with Crippen LogP contribution in [0.4, 0.5) is 11.5 Å². The van der Waals surface area contributed by atoms with Crippen LogP contribution in [0.3, 0.4) is 0 Å². The molecule has 0 aliphatic heterocycles. The summed E-state index contributed by atoms with van der Waals surface area (Å²) in [5.41, 5.74) is 4.14. The number of hydrogen-bond donors (Lipinski definition) is 2. The Balaban J connectivity index is 2.13. The normalized spacial score (nSPS) is 10.1. The number of rotatable bonds is 5. The number of nitrogens with two attached hydrogens (primary N) is 1. The van der Waals surface area contributed by atoms with E-state index in [-0.39, 0.29) is 12.3 Å². The molecule has 0 fully saturated rings. The molecule has 0 bridgehead atoms. The highest BCUT2D eigenvalue weighted by Gasteiger charge is 2.09. The molecule has 104 valence electrons. The van der Waals surface area contributed by atoms with Gasteiger partial charge in [0, 0.05) is 12.3 Å². The zero-order chi connectivity index (χ0) is 14.5. The molecular weight excluding hydrogens is 260 g/mol. The van der Waals surface area contributed by atoms with Gasteiger partial charge in [-0.05, 0) is 36.2 Å². The number of nitrogens with zero attached hydrogens (tertiary/aromatic N) is 2. The third kappa shape index (κ3) is 3.21. The van der Waals surface area contributed by atoms with Crippen molar-refractivity contribution in [3.63, 3.8) is 0 Å². The lowest BCUT2D eigenvalue weighted by atomic mass is 10.2. The van der Waals surface area contributed by atoms with Gasteiger partial charge in [0.15, 0.2) is 0 Å². The van der Waals surface area contributed by atoms with E-state index in [4.69, 9.17) is 10.6 Å². The number of anilines is 1. The van der Waals surface area contributed by atoms with E-state index >= 15 is 0 Å². The molecule has 0 radical (unpaired) electrons.